The van der Waals surface area contributed by atoms with E-state index in [0.29, 0.717) is 6.42 Å². The van der Waals surface area contributed by atoms with Gasteiger partial charge in [0, 0.05) is 0 Å². The van der Waals surface area contributed by atoms with Crippen LogP contribution >= 0.6 is 11.6 Å². The van der Waals surface area contributed by atoms with Gasteiger partial charge in [0.15, 0.2) is 10.8 Å². The quantitative estimate of drug-likeness (QED) is 0.794. The van der Waals surface area contributed by atoms with Crippen LogP contribution in [0.3, 0.4) is 0 Å². The molecule has 1 aromatic heterocycles. The van der Waals surface area contributed by atoms with Crippen LogP contribution in [0.2, 0.25) is 5.15 Å². The lowest BCUT2D eigenvalue weighted by Gasteiger charge is -2.12. The highest BCUT2D eigenvalue weighted by atomic mass is 35.5. The van der Waals surface area contributed by atoms with Gasteiger partial charge in [-0.15, -0.1) is 10.2 Å². The summed E-state index contributed by atoms with van der Waals surface area (Å²) in [6.07, 6.45) is 0.656. The summed E-state index contributed by atoms with van der Waals surface area (Å²) < 4.78 is 0. The van der Waals surface area contributed by atoms with Gasteiger partial charge >= 0.3 is 0 Å². The van der Waals surface area contributed by atoms with E-state index in [-0.39, 0.29) is 29.4 Å². The lowest BCUT2D eigenvalue weighted by Crippen LogP contribution is -2.37. The zero-order valence-electron chi connectivity index (χ0n) is 8.27. The Balaban J connectivity index is 2.64. The summed E-state index contributed by atoms with van der Waals surface area (Å²) in [6, 6.07) is 2.72. The molecule has 0 saturated carbocycles. The third kappa shape index (κ3) is 3.45. The Morgan fingerprint density at radius 2 is 2.33 bits per heavy atom. The average molecular weight is 230 g/mol. The van der Waals surface area contributed by atoms with Crippen molar-refractivity contribution in [3.8, 4) is 0 Å². The molecule has 0 unspecified atom stereocenters. The Labute approximate surface area is 92.5 Å². The number of aromatic nitrogens is 2. The van der Waals surface area contributed by atoms with Gasteiger partial charge in [0.25, 0.3) is 5.91 Å². The minimum Gasteiger partial charge on any atom is -0.394 e. The van der Waals surface area contributed by atoms with Crippen molar-refractivity contribution in [1.82, 2.24) is 15.5 Å². The number of hydrogen-bond acceptors (Lipinski definition) is 4. The fourth-order valence-corrected chi connectivity index (χ4v) is 1.07. The van der Waals surface area contributed by atoms with E-state index in [1.165, 1.54) is 12.1 Å². The maximum atomic E-state index is 11.5. The summed E-state index contributed by atoms with van der Waals surface area (Å²) >= 11 is 5.53. The highest BCUT2D eigenvalue weighted by molar-refractivity contribution is 6.29. The zero-order chi connectivity index (χ0) is 11.3. The number of aliphatic hydroxyl groups is 1. The largest absolute Gasteiger partial charge is 0.394 e. The van der Waals surface area contributed by atoms with E-state index in [2.05, 4.69) is 15.5 Å². The standard InChI is InChI=1S/C9H12ClN3O2/c1-2-6(5-14)11-9(15)7-3-4-8(10)13-12-7/h3-4,6,14H,2,5H2,1H3,(H,11,15)/t6-/m1/s1. The first-order valence-corrected chi connectivity index (χ1v) is 4.96. The maximum absolute atomic E-state index is 11.5. The molecule has 0 aliphatic rings. The van der Waals surface area contributed by atoms with Crippen LogP contribution < -0.4 is 5.32 Å². The number of carbonyl (C=O) groups is 1. The molecule has 0 saturated heterocycles. The molecule has 1 amide bonds. The molecule has 0 aliphatic carbocycles. The van der Waals surface area contributed by atoms with Crippen molar-refractivity contribution >= 4 is 17.5 Å². The molecule has 82 valence electrons. The van der Waals surface area contributed by atoms with E-state index >= 15 is 0 Å². The topological polar surface area (TPSA) is 75.1 Å². The summed E-state index contributed by atoms with van der Waals surface area (Å²) in [5.74, 6) is -0.361. The fraction of sp³-hybridized carbons (Fsp3) is 0.444. The summed E-state index contributed by atoms with van der Waals surface area (Å²) in [6.45, 7) is 1.78. The normalized spacial score (nSPS) is 12.2. The first kappa shape index (κ1) is 11.9. The molecule has 0 radical (unpaired) electrons. The van der Waals surface area contributed by atoms with Gasteiger partial charge in [-0.05, 0) is 18.6 Å². The van der Waals surface area contributed by atoms with Crippen molar-refractivity contribution < 1.29 is 9.90 Å². The highest BCUT2D eigenvalue weighted by Gasteiger charge is 2.12. The van der Waals surface area contributed by atoms with Crippen LogP contribution in [0.15, 0.2) is 12.1 Å². The van der Waals surface area contributed by atoms with Crippen molar-refractivity contribution in [2.45, 2.75) is 19.4 Å². The van der Waals surface area contributed by atoms with Gasteiger partial charge in [-0.3, -0.25) is 4.79 Å². The predicted octanol–water partition coefficient (Wildman–Crippen LogP) is 0.631. The Bertz CT molecular complexity index is 325. The van der Waals surface area contributed by atoms with Crippen LogP contribution in [-0.2, 0) is 0 Å². The van der Waals surface area contributed by atoms with Crippen molar-refractivity contribution in [2.75, 3.05) is 6.61 Å². The predicted molar refractivity (Wildman–Crippen MR) is 55.7 cm³/mol. The van der Waals surface area contributed by atoms with Crippen molar-refractivity contribution in [2.24, 2.45) is 0 Å². The molecular weight excluding hydrogens is 218 g/mol. The van der Waals surface area contributed by atoms with Crippen LogP contribution in [0.1, 0.15) is 23.8 Å². The summed E-state index contributed by atoms with van der Waals surface area (Å²) in [5, 5.41) is 18.9. The third-order valence-electron chi connectivity index (χ3n) is 1.91. The molecule has 1 heterocycles. The Kier molecular flexibility index (Phi) is 4.45. The highest BCUT2D eigenvalue weighted by Crippen LogP contribution is 2.02. The number of carbonyl (C=O) groups excluding carboxylic acids is 1. The Hall–Kier alpha value is -1.20. The second kappa shape index (κ2) is 5.63. The fourth-order valence-electron chi connectivity index (χ4n) is 0.973. The molecular formula is C9H12ClN3O2. The van der Waals surface area contributed by atoms with E-state index in [4.69, 9.17) is 16.7 Å². The molecule has 6 heteroatoms. The maximum Gasteiger partial charge on any atom is 0.272 e. The number of rotatable bonds is 4. The van der Waals surface area contributed by atoms with E-state index < -0.39 is 0 Å². The van der Waals surface area contributed by atoms with Gasteiger partial charge in [-0.1, -0.05) is 18.5 Å². The van der Waals surface area contributed by atoms with Gasteiger partial charge in [0.05, 0.1) is 12.6 Å². The number of hydrogen-bond donors (Lipinski definition) is 2. The summed E-state index contributed by atoms with van der Waals surface area (Å²) in [5.41, 5.74) is 0.186. The van der Waals surface area contributed by atoms with Crippen molar-refractivity contribution in [3.63, 3.8) is 0 Å². The molecule has 0 bridgehead atoms. The van der Waals surface area contributed by atoms with Crippen LogP contribution in [0, 0.1) is 0 Å². The lowest BCUT2D eigenvalue weighted by molar-refractivity contribution is 0.0909. The number of aliphatic hydroxyl groups excluding tert-OH is 1. The first-order valence-electron chi connectivity index (χ1n) is 4.58. The molecule has 1 atom stereocenters. The Morgan fingerprint density at radius 1 is 1.60 bits per heavy atom. The number of halogens is 1. The molecule has 5 nitrogen and oxygen atoms in total. The molecule has 0 aliphatic heterocycles. The van der Waals surface area contributed by atoms with Crippen LogP contribution in [0.5, 0.6) is 0 Å². The molecule has 1 aromatic rings. The van der Waals surface area contributed by atoms with Gasteiger partial charge in [0.1, 0.15) is 0 Å². The summed E-state index contributed by atoms with van der Waals surface area (Å²) in [4.78, 5) is 11.5. The van der Waals surface area contributed by atoms with Crippen LogP contribution in [0.4, 0.5) is 0 Å². The van der Waals surface area contributed by atoms with Gasteiger partial charge in [0.2, 0.25) is 0 Å². The molecule has 2 N–H and O–H groups in total. The third-order valence-corrected chi connectivity index (χ3v) is 2.11. The molecule has 0 aromatic carbocycles. The van der Waals surface area contributed by atoms with Crippen LogP contribution in [0.25, 0.3) is 0 Å². The van der Waals surface area contributed by atoms with Crippen LogP contribution in [-0.4, -0.2) is 33.9 Å². The van der Waals surface area contributed by atoms with E-state index in [0.717, 1.165) is 0 Å². The zero-order valence-corrected chi connectivity index (χ0v) is 9.03. The number of amides is 1. The van der Waals surface area contributed by atoms with Gasteiger partial charge < -0.3 is 10.4 Å². The smallest absolute Gasteiger partial charge is 0.272 e. The summed E-state index contributed by atoms with van der Waals surface area (Å²) in [7, 11) is 0. The minimum atomic E-state index is -0.361. The van der Waals surface area contributed by atoms with Crippen molar-refractivity contribution in [1.29, 1.82) is 0 Å². The first-order chi connectivity index (χ1) is 7.17. The monoisotopic (exact) mass is 229 g/mol. The molecule has 15 heavy (non-hydrogen) atoms. The number of nitrogens with one attached hydrogen (secondary N) is 1. The Morgan fingerprint density at radius 3 is 2.80 bits per heavy atom. The van der Waals surface area contributed by atoms with Gasteiger partial charge in [-0.2, -0.15) is 0 Å². The second-order valence-corrected chi connectivity index (χ2v) is 3.39. The van der Waals surface area contributed by atoms with Crippen molar-refractivity contribution in [3.05, 3.63) is 23.0 Å². The van der Waals surface area contributed by atoms with E-state index in [9.17, 15) is 4.79 Å². The lowest BCUT2D eigenvalue weighted by atomic mass is 10.2. The SMILES string of the molecule is CC[C@H](CO)NC(=O)c1ccc(Cl)nn1. The van der Waals surface area contributed by atoms with Gasteiger partial charge in [-0.25, -0.2) is 0 Å². The average Bonchev–Trinajstić information content (AvgIpc) is 2.26. The number of nitrogens with zero attached hydrogens (tertiary/aromatic N) is 2. The minimum absolute atomic E-state index is 0.0940. The second-order valence-electron chi connectivity index (χ2n) is 3.00. The van der Waals surface area contributed by atoms with E-state index in [1.807, 2.05) is 6.92 Å². The molecule has 1 rings (SSSR count). The molecule has 0 fully saturated rings. The molecule has 0 spiro atoms. The van der Waals surface area contributed by atoms with E-state index in [1.54, 1.807) is 0 Å².